The van der Waals surface area contributed by atoms with E-state index in [4.69, 9.17) is 5.11 Å². The maximum Gasteiger partial charge on any atom is 0.303 e. The number of Topliss-reactive ketones (excluding diaryl/α,β-unsaturated/α-hetero) is 1. The van der Waals surface area contributed by atoms with Crippen molar-refractivity contribution in [3.05, 3.63) is 34.2 Å². The van der Waals surface area contributed by atoms with Crippen molar-refractivity contribution in [2.24, 2.45) is 0 Å². The van der Waals surface area contributed by atoms with Gasteiger partial charge < -0.3 is 5.11 Å². The second-order valence-corrected chi connectivity index (χ2v) is 6.38. The number of fused-ring (bicyclic) bond motifs is 3. The maximum absolute atomic E-state index is 12.0. The van der Waals surface area contributed by atoms with Crippen molar-refractivity contribution >= 4 is 33.2 Å². The highest BCUT2D eigenvalue weighted by Gasteiger charge is 2.17. The lowest BCUT2D eigenvalue weighted by atomic mass is 9.95. The van der Waals surface area contributed by atoms with E-state index in [2.05, 4.69) is 0 Å². The van der Waals surface area contributed by atoms with Gasteiger partial charge in [0.15, 0.2) is 5.78 Å². The lowest BCUT2D eigenvalue weighted by Gasteiger charge is -2.10. The molecule has 20 heavy (non-hydrogen) atoms. The molecule has 0 atom stereocenters. The van der Waals surface area contributed by atoms with Gasteiger partial charge in [-0.15, -0.1) is 11.3 Å². The van der Waals surface area contributed by atoms with Crippen molar-refractivity contribution in [2.75, 3.05) is 0 Å². The molecule has 104 valence electrons. The van der Waals surface area contributed by atoms with E-state index < -0.39 is 5.97 Å². The van der Waals surface area contributed by atoms with Crippen LogP contribution in [0.25, 0.3) is 10.1 Å². The zero-order chi connectivity index (χ0) is 14.1. The highest BCUT2D eigenvalue weighted by Crippen LogP contribution is 2.36. The molecule has 0 saturated heterocycles. The number of ketones is 1. The lowest BCUT2D eigenvalue weighted by molar-refractivity contribution is -0.136. The maximum atomic E-state index is 12.0. The van der Waals surface area contributed by atoms with Gasteiger partial charge in [0.05, 0.1) is 6.42 Å². The Hall–Kier alpha value is -1.68. The van der Waals surface area contributed by atoms with Gasteiger partial charge in [-0.1, -0.05) is 12.1 Å². The number of carbonyl (C=O) groups excluding carboxylic acids is 1. The molecule has 1 aliphatic rings. The topological polar surface area (TPSA) is 54.4 Å². The lowest BCUT2D eigenvalue weighted by Crippen LogP contribution is -2.03. The predicted molar refractivity (Wildman–Crippen MR) is 79.7 cm³/mol. The van der Waals surface area contributed by atoms with Crippen LogP contribution in [-0.4, -0.2) is 16.9 Å². The average molecular weight is 288 g/mol. The smallest absolute Gasteiger partial charge is 0.303 e. The van der Waals surface area contributed by atoms with E-state index in [9.17, 15) is 9.59 Å². The fourth-order valence-electron chi connectivity index (χ4n) is 2.80. The van der Waals surface area contributed by atoms with Crippen LogP contribution in [0.4, 0.5) is 0 Å². The molecule has 0 radical (unpaired) electrons. The second kappa shape index (κ2) is 5.37. The Morgan fingerprint density at radius 3 is 2.75 bits per heavy atom. The fourth-order valence-corrected chi connectivity index (χ4v) is 4.14. The Kier molecular flexibility index (Phi) is 3.57. The number of carboxylic acids is 1. The number of thiophene rings is 1. The van der Waals surface area contributed by atoms with E-state index >= 15 is 0 Å². The SMILES string of the molecule is O=C(O)CCC(=O)c1ccc2c3c(sc2c1)CCCC3. The molecule has 0 saturated carbocycles. The summed E-state index contributed by atoms with van der Waals surface area (Å²) in [6.45, 7) is 0. The monoisotopic (exact) mass is 288 g/mol. The van der Waals surface area contributed by atoms with Gasteiger partial charge in [0, 0.05) is 21.6 Å². The van der Waals surface area contributed by atoms with E-state index in [0.717, 1.165) is 17.5 Å². The minimum absolute atomic E-state index is 0.0753. The molecule has 0 fully saturated rings. The molecule has 3 rings (SSSR count). The third kappa shape index (κ3) is 2.48. The first-order valence-electron chi connectivity index (χ1n) is 6.94. The summed E-state index contributed by atoms with van der Waals surface area (Å²) in [5, 5.41) is 9.92. The summed E-state index contributed by atoms with van der Waals surface area (Å²) in [6, 6.07) is 5.81. The van der Waals surface area contributed by atoms with Crippen LogP contribution in [0.2, 0.25) is 0 Å². The molecule has 3 nitrogen and oxygen atoms in total. The number of carboxylic acid groups (broad SMARTS) is 1. The Bertz CT molecular complexity index is 684. The molecule has 1 heterocycles. The van der Waals surface area contributed by atoms with E-state index in [0.29, 0.717) is 5.56 Å². The minimum Gasteiger partial charge on any atom is -0.481 e. The normalized spacial score (nSPS) is 14.2. The van der Waals surface area contributed by atoms with Gasteiger partial charge in [-0.05, 0) is 42.7 Å². The number of benzene rings is 1. The van der Waals surface area contributed by atoms with Gasteiger partial charge in [0.2, 0.25) is 0 Å². The quantitative estimate of drug-likeness (QED) is 0.870. The summed E-state index contributed by atoms with van der Waals surface area (Å²) in [4.78, 5) is 24.0. The summed E-state index contributed by atoms with van der Waals surface area (Å²) in [6.07, 6.45) is 4.77. The van der Waals surface area contributed by atoms with Crippen LogP contribution in [-0.2, 0) is 17.6 Å². The summed E-state index contributed by atoms with van der Waals surface area (Å²) in [5.41, 5.74) is 2.10. The summed E-state index contributed by atoms with van der Waals surface area (Å²) in [7, 11) is 0. The molecular formula is C16H16O3S. The zero-order valence-electron chi connectivity index (χ0n) is 11.1. The second-order valence-electron chi connectivity index (χ2n) is 5.24. The van der Waals surface area contributed by atoms with Crippen molar-refractivity contribution in [3.63, 3.8) is 0 Å². The molecular weight excluding hydrogens is 272 g/mol. The summed E-state index contributed by atoms with van der Waals surface area (Å²) >= 11 is 1.79. The molecule has 1 aromatic carbocycles. The number of rotatable bonds is 4. The Balaban J connectivity index is 1.91. The standard InChI is InChI=1S/C16H16O3S/c17-13(7-8-16(18)19)10-5-6-12-11-3-1-2-4-14(11)20-15(12)9-10/h5-6,9H,1-4,7-8H2,(H,18,19). The molecule has 4 heteroatoms. The highest BCUT2D eigenvalue weighted by molar-refractivity contribution is 7.19. The van der Waals surface area contributed by atoms with Crippen molar-refractivity contribution in [2.45, 2.75) is 38.5 Å². The molecule has 1 aliphatic carbocycles. The van der Waals surface area contributed by atoms with Crippen molar-refractivity contribution < 1.29 is 14.7 Å². The van der Waals surface area contributed by atoms with Crippen LogP contribution < -0.4 is 0 Å². The van der Waals surface area contributed by atoms with Gasteiger partial charge in [0.25, 0.3) is 0 Å². The molecule has 0 spiro atoms. The van der Waals surface area contributed by atoms with E-state index in [-0.39, 0.29) is 18.6 Å². The molecule has 2 aromatic rings. The fraction of sp³-hybridized carbons (Fsp3) is 0.375. The van der Waals surface area contributed by atoms with Crippen LogP contribution in [0, 0.1) is 0 Å². The van der Waals surface area contributed by atoms with Gasteiger partial charge in [-0.3, -0.25) is 9.59 Å². The van der Waals surface area contributed by atoms with Crippen LogP contribution in [0.5, 0.6) is 0 Å². The highest BCUT2D eigenvalue weighted by atomic mass is 32.1. The molecule has 1 aromatic heterocycles. The summed E-state index contributed by atoms with van der Waals surface area (Å²) < 4.78 is 1.16. The molecule has 0 amide bonds. The number of aliphatic carboxylic acids is 1. The molecule has 0 unspecified atom stereocenters. The van der Waals surface area contributed by atoms with Crippen molar-refractivity contribution in [1.29, 1.82) is 0 Å². The Morgan fingerprint density at radius 2 is 1.95 bits per heavy atom. The first-order valence-corrected chi connectivity index (χ1v) is 7.76. The number of aryl methyl sites for hydroxylation is 2. The Morgan fingerprint density at radius 1 is 1.15 bits per heavy atom. The van der Waals surface area contributed by atoms with Crippen LogP contribution in [0.1, 0.15) is 46.5 Å². The zero-order valence-corrected chi connectivity index (χ0v) is 12.0. The van der Waals surface area contributed by atoms with E-state index in [1.165, 1.54) is 28.7 Å². The minimum atomic E-state index is -0.925. The van der Waals surface area contributed by atoms with Gasteiger partial charge in [0.1, 0.15) is 0 Å². The largest absolute Gasteiger partial charge is 0.481 e. The van der Waals surface area contributed by atoms with E-state index in [1.807, 2.05) is 18.2 Å². The number of hydrogen-bond acceptors (Lipinski definition) is 3. The van der Waals surface area contributed by atoms with Gasteiger partial charge >= 0.3 is 5.97 Å². The molecule has 0 aliphatic heterocycles. The first kappa shape index (κ1) is 13.3. The third-order valence-corrected chi connectivity index (χ3v) is 5.10. The van der Waals surface area contributed by atoms with Crippen LogP contribution >= 0.6 is 11.3 Å². The van der Waals surface area contributed by atoms with E-state index in [1.54, 1.807) is 11.3 Å². The number of carbonyl (C=O) groups is 2. The molecule has 1 N–H and O–H groups in total. The predicted octanol–water partition coefficient (Wildman–Crippen LogP) is 3.83. The van der Waals surface area contributed by atoms with Crippen molar-refractivity contribution in [3.8, 4) is 0 Å². The van der Waals surface area contributed by atoms with Gasteiger partial charge in [-0.2, -0.15) is 0 Å². The van der Waals surface area contributed by atoms with Crippen LogP contribution in [0.15, 0.2) is 18.2 Å². The Labute approximate surface area is 121 Å². The van der Waals surface area contributed by atoms with Gasteiger partial charge in [-0.25, -0.2) is 0 Å². The number of hydrogen-bond donors (Lipinski definition) is 1. The molecule has 0 bridgehead atoms. The average Bonchev–Trinajstić information content (AvgIpc) is 2.82. The first-order chi connectivity index (χ1) is 9.65. The summed E-state index contributed by atoms with van der Waals surface area (Å²) in [5.74, 6) is -1.01. The van der Waals surface area contributed by atoms with Crippen molar-refractivity contribution in [1.82, 2.24) is 0 Å². The third-order valence-electron chi connectivity index (χ3n) is 3.84. The van der Waals surface area contributed by atoms with Crippen LogP contribution in [0.3, 0.4) is 0 Å².